The highest BCUT2D eigenvalue weighted by Crippen LogP contribution is 2.14. The van der Waals surface area contributed by atoms with Gasteiger partial charge >= 0.3 is 5.97 Å². The largest absolute Gasteiger partial charge is 0.460 e. The number of ether oxygens (including phenoxy) is 1. The average molecular weight is 189 g/mol. The van der Waals surface area contributed by atoms with E-state index in [9.17, 15) is 4.79 Å². The SMILES string of the molecule is CC[C@H](C(=O)OC(C)(C)C)C(N)O. The van der Waals surface area contributed by atoms with E-state index in [0.29, 0.717) is 6.42 Å². The Morgan fingerprint density at radius 2 is 2.00 bits per heavy atom. The van der Waals surface area contributed by atoms with Crippen LogP contribution >= 0.6 is 0 Å². The Labute approximate surface area is 79.1 Å². The highest BCUT2D eigenvalue weighted by atomic mass is 16.6. The molecular weight excluding hydrogens is 170 g/mol. The molecule has 0 saturated carbocycles. The second-order valence-electron chi connectivity index (χ2n) is 4.04. The van der Waals surface area contributed by atoms with E-state index in [-0.39, 0.29) is 0 Å². The zero-order valence-corrected chi connectivity index (χ0v) is 8.70. The number of aliphatic hydroxyl groups is 1. The molecule has 0 aliphatic heterocycles. The summed E-state index contributed by atoms with van der Waals surface area (Å²) in [6.07, 6.45) is -0.660. The molecule has 0 radical (unpaired) electrons. The maximum atomic E-state index is 11.4. The van der Waals surface area contributed by atoms with Crippen LogP contribution in [0.4, 0.5) is 0 Å². The molecule has 0 aromatic rings. The van der Waals surface area contributed by atoms with Gasteiger partial charge in [0.2, 0.25) is 0 Å². The van der Waals surface area contributed by atoms with E-state index in [1.807, 2.05) is 0 Å². The Morgan fingerprint density at radius 3 is 2.23 bits per heavy atom. The Balaban J connectivity index is 4.23. The second kappa shape index (κ2) is 4.58. The molecule has 0 aromatic carbocycles. The molecule has 0 aliphatic rings. The molecule has 0 spiro atoms. The number of hydrogen-bond donors (Lipinski definition) is 2. The van der Waals surface area contributed by atoms with Crippen molar-refractivity contribution in [3.8, 4) is 0 Å². The molecule has 0 fully saturated rings. The topological polar surface area (TPSA) is 72.5 Å². The fourth-order valence-electron chi connectivity index (χ4n) is 0.925. The van der Waals surface area contributed by atoms with Gasteiger partial charge in [-0.1, -0.05) is 6.92 Å². The summed E-state index contributed by atoms with van der Waals surface area (Å²) in [5, 5.41) is 9.06. The van der Waals surface area contributed by atoms with Gasteiger partial charge in [0.1, 0.15) is 11.8 Å². The van der Waals surface area contributed by atoms with Gasteiger partial charge in [-0.2, -0.15) is 0 Å². The molecule has 0 aliphatic carbocycles. The summed E-state index contributed by atoms with van der Waals surface area (Å²) in [6, 6.07) is 0. The second-order valence-corrected chi connectivity index (χ2v) is 4.04. The zero-order chi connectivity index (χ0) is 10.6. The Morgan fingerprint density at radius 1 is 1.54 bits per heavy atom. The van der Waals surface area contributed by atoms with Crippen molar-refractivity contribution in [2.75, 3.05) is 0 Å². The average Bonchev–Trinajstić information content (AvgIpc) is 1.82. The lowest BCUT2D eigenvalue weighted by molar-refractivity contribution is -0.164. The number of nitrogens with two attached hydrogens (primary N) is 1. The molecule has 4 nitrogen and oxygen atoms in total. The lowest BCUT2D eigenvalue weighted by Crippen LogP contribution is -2.38. The van der Waals surface area contributed by atoms with Crippen molar-refractivity contribution in [2.24, 2.45) is 11.7 Å². The molecule has 78 valence electrons. The van der Waals surface area contributed by atoms with Crippen LogP contribution in [0.15, 0.2) is 0 Å². The van der Waals surface area contributed by atoms with Crippen LogP contribution in [0.25, 0.3) is 0 Å². The van der Waals surface area contributed by atoms with Gasteiger partial charge in [-0.15, -0.1) is 0 Å². The van der Waals surface area contributed by atoms with Crippen molar-refractivity contribution >= 4 is 5.97 Å². The number of carbonyl (C=O) groups excluding carboxylic acids is 1. The lowest BCUT2D eigenvalue weighted by Gasteiger charge is -2.24. The van der Waals surface area contributed by atoms with E-state index >= 15 is 0 Å². The zero-order valence-electron chi connectivity index (χ0n) is 8.70. The van der Waals surface area contributed by atoms with E-state index in [1.165, 1.54) is 0 Å². The molecule has 0 aromatic heterocycles. The van der Waals surface area contributed by atoms with Crippen molar-refractivity contribution in [2.45, 2.75) is 45.9 Å². The molecule has 0 rings (SSSR count). The van der Waals surface area contributed by atoms with Crippen LogP contribution in [0.2, 0.25) is 0 Å². The summed E-state index contributed by atoms with van der Waals surface area (Å²) < 4.78 is 5.07. The minimum atomic E-state index is -1.14. The lowest BCUT2D eigenvalue weighted by atomic mass is 10.1. The van der Waals surface area contributed by atoms with Crippen LogP contribution in [0, 0.1) is 5.92 Å². The van der Waals surface area contributed by atoms with Crippen LogP contribution in [0.5, 0.6) is 0 Å². The van der Waals surface area contributed by atoms with E-state index in [0.717, 1.165) is 0 Å². The van der Waals surface area contributed by atoms with Crippen molar-refractivity contribution in [3.05, 3.63) is 0 Å². The standard InChI is InChI=1S/C9H19NO3/c1-5-6(7(10)11)8(12)13-9(2,3)4/h6-7,11H,5,10H2,1-4H3/t6-,7?/m0/s1. The smallest absolute Gasteiger partial charge is 0.313 e. The summed E-state index contributed by atoms with van der Waals surface area (Å²) in [7, 11) is 0. The number of hydrogen-bond acceptors (Lipinski definition) is 4. The van der Waals surface area contributed by atoms with Gasteiger partial charge in [0, 0.05) is 0 Å². The molecule has 0 amide bonds. The number of carbonyl (C=O) groups is 1. The van der Waals surface area contributed by atoms with Gasteiger partial charge in [0.25, 0.3) is 0 Å². The first-order valence-corrected chi connectivity index (χ1v) is 4.44. The molecule has 4 heteroatoms. The van der Waals surface area contributed by atoms with E-state index in [1.54, 1.807) is 27.7 Å². The quantitative estimate of drug-likeness (QED) is 0.504. The van der Waals surface area contributed by atoms with Crippen LogP contribution < -0.4 is 5.73 Å². The van der Waals surface area contributed by atoms with Crippen LogP contribution in [0.3, 0.4) is 0 Å². The molecular formula is C9H19NO3. The fourth-order valence-corrected chi connectivity index (χ4v) is 0.925. The molecule has 3 N–H and O–H groups in total. The third kappa shape index (κ3) is 4.85. The van der Waals surface area contributed by atoms with Crippen LogP contribution in [-0.2, 0) is 9.53 Å². The van der Waals surface area contributed by atoms with Gasteiger partial charge < -0.3 is 15.6 Å². The summed E-state index contributed by atoms with van der Waals surface area (Å²) in [5.74, 6) is -1.07. The molecule has 0 bridgehead atoms. The minimum Gasteiger partial charge on any atom is -0.460 e. The van der Waals surface area contributed by atoms with E-state index in [2.05, 4.69) is 0 Å². The summed E-state index contributed by atoms with van der Waals surface area (Å²) in [4.78, 5) is 11.4. The van der Waals surface area contributed by atoms with Crippen LogP contribution in [-0.4, -0.2) is 22.9 Å². The van der Waals surface area contributed by atoms with Crippen molar-refractivity contribution in [1.29, 1.82) is 0 Å². The Kier molecular flexibility index (Phi) is 4.36. The predicted molar refractivity (Wildman–Crippen MR) is 49.8 cm³/mol. The summed E-state index contributed by atoms with van der Waals surface area (Å²) in [5.41, 5.74) is 4.69. The Hall–Kier alpha value is -0.610. The predicted octanol–water partition coefficient (Wildman–Crippen LogP) is 0.631. The minimum absolute atomic E-state index is 0.440. The number of rotatable bonds is 3. The molecule has 0 heterocycles. The Bertz CT molecular complexity index is 172. The summed E-state index contributed by atoms with van der Waals surface area (Å²) >= 11 is 0. The molecule has 2 atom stereocenters. The summed E-state index contributed by atoms with van der Waals surface area (Å²) in [6.45, 7) is 7.12. The van der Waals surface area contributed by atoms with Gasteiger partial charge in [-0.05, 0) is 27.2 Å². The van der Waals surface area contributed by atoms with Crippen molar-refractivity contribution in [1.82, 2.24) is 0 Å². The molecule has 1 unspecified atom stereocenters. The van der Waals surface area contributed by atoms with Crippen LogP contribution in [0.1, 0.15) is 34.1 Å². The van der Waals surface area contributed by atoms with E-state index < -0.39 is 23.7 Å². The molecule has 0 saturated heterocycles. The van der Waals surface area contributed by atoms with Crippen molar-refractivity contribution in [3.63, 3.8) is 0 Å². The first kappa shape index (κ1) is 12.4. The maximum absolute atomic E-state index is 11.4. The third-order valence-corrected chi connectivity index (χ3v) is 1.56. The van der Waals surface area contributed by atoms with Gasteiger partial charge in [0.15, 0.2) is 0 Å². The highest BCUT2D eigenvalue weighted by molar-refractivity contribution is 5.73. The molecule has 13 heavy (non-hydrogen) atoms. The van der Waals surface area contributed by atoms with Crippen molar-refractivity contribution < 1.29 is 14.6 Å². The normalized spacial score (nSPS) is 16.5. The van der Waals surface area contributed by atoms with Gasteiger partial charge in [0.05, 0.1) is 5.92 Å². The third-order valence-electron chi connectivity index (χ3n) is 1.56. The van der Waals surface area contributed by atoms with Gasteiger partial charge in [-0.3, -0.25) is 4.79 Å². The highest BCUT2D eigenvalue weighted by Gasteiger charge is 2.27. The van der Waals surface area contributed by atoms with Gasteiger partial charge in [-0.25, -0.2) is 0 Å². The van der Waals surface area contributed by atoms with E-state index in [4.69, 9.17) is 15.6 Å². The maximum Gasteiger partial charge on any atom is 0.313 e. The number of esters is 1. The first-order chi connectivity index (χ1) is 5.78. The number of aliphatic hydroxyl groups excluding tert-OH is 1. The first-order valence-electron chi connectivity index (χ1n) is 4.44. The fraction of sp³-hybridized carbons (Fsp3) is 0.889. The monoisotopic (exact) mass is 189 g/mol.